The van der Waals surface area contributed by atoms with Crippen molar-refractivity contribution in [2.24, 2.45) is 17.8 Å². The van der Waals surface area contributed by atoms with Gasteiger partial charge in [0.05, 0.1) is 6.04 Å². The van der Waals surface area contributed by atoms with Crippen LogP contribution in [0.4, 0.5) is 4.79 Å². The highest BCUT2D eigenvalue weighted by Crippen LogP contribution is 2.44. The minimum absolute atomic E-state index is 0.00589. The highest BCUT2D eigenvalue weighted by atomic mass is 16.5. The molecule has 24 heteroatoms. The second-order valence-electron chi connectivity index (χ2n) is 19.2. The maximum atomic E-state index is 14.8. The van der Waals surface area contributed by atoms with E-state index >= 15 is 0 Å². The van der Waals surface area contributed by atoms with E-state index in [4.69, 9.17) is 9.84 Å². The maximum absolute atomic E-state index is 14.8. The molecule has 1 aliphatic carbocycles. The van der Waals surface area contributed by atoms with Gasteiger partial charge in [0.1, 0.15) is 43.4 Å². The summed E-state index contributed by atoms with van der Waals surface area (Å²) >= 11 is 0. The van der Waals surface area contributed by atoms with Crippen LogP contribution in [-0.4, -0.2) is 154 Å². The average molecular weight is 1050 g/mol. The molecule has 4 rings (SSSR count). The highest BCUT2D eigenvalue weighted by Gasteiger charge is 2.45. The molecule has 2 aromatic carbocycles. The first-order chi connectivity index (χ1) is 35.4. The summed E-state index contributed by atoms with van der Waals surface area (Å²) in [4.78, 5) is 156. The number of fused-ring (bicyclic) bond motifs is 3. The lowest BCUT2D eigenvalue weighted by Gasteiger charge is -2.33. The van der Waals surface area contributed by atoms with Crippen molar-refractivity contribution in [1.29, 1.82) is 0 Å². The lowest BCUT2D eigenvalue weighted by molar-refractivity contribution is -0.145. The number of aliphatic carboxylic acids is 3. The number of hydrogen-bond acceptors (Lipinski definition) is 13. The topological polar surface area (TPSA) is 362 Å². The maximum Gasteiger partial charge on any atom is 0.407 e. The van der Waals surface area contributed by atoms with Crippen LogP contribution in [0.15, 0.2) is 48.5 Å². The number of ketones is 1. The molecule has 75 heavy (non-hydrogen) atoms. The fourth-order valence-corrected chi connectivity index (χ4v) is 8.98. The van der Waals surface area contributed by atoms with Gasteiger partial charge in [-0.05, 0) is 65.7 Å². The average Bonchev–Trinajstić information content (AvgIpc) is 3.93. The van der Waals surface area contributed by atoms with Gasteiger partial charge in [0.25, 0.3) is 5.91 Å². The summed E-state index contributed by atoms with van der Waals surface area (Å²) in [6, 6.07) is 6.99. The number of carboxylic acid groups (broad SMARTS) is 3. The Morgan fingerprint density at radius 2 is 1.17 bits per heavy atom. The normalized spacial score (nSPS) is 16.7. The van der Waals surface area contributed by atoms with E-state index in [0.29, 0.717) is 6.42 Å². The Morgan fingerprint density at radius 3 is 1.69 bits per heavy atom. The molecule has 0 saturated carbocycles. The van der Waals surface area contributed by atoms with E-state index in [1.807, 2.05) is 53.8 Å². The summed E-state index contributed by atoms with van der Waals surface area (Å²) in [5, 5.41) is 44.7. The van der Waals surface area contributed by atoms with Crippen LogP contribution in [0, 0.1) is 17.8 Å². The van der Waals surface area contributed by atoms with Gasteiger partial charge in [0.15, 0.2) is 0 Å². The predicted octanol–water partition coefficient (Wildman–Crippen LogP) is 0.798. The van der Waals surface area contributed by atoms with E-state index in [0.717, 1.165) is 29.2 Å². The van der Waals surface area contributed by atoms with Gasteiger partial charge in [0, 0.05) is 38.8 Å². The van der Waals surface area contributed by atoms with Gasteiger partial charge < -0.3 is 62.2 Å². The molecular formula is C51H68N8O16. The summed E-state index contributed by atoms with van der Waals surface area (Å²) in [6.45, 7) is 7.99. The molecule has 2 aromatic rings. The molecule has 408 valence electrons. The molecule has 1 fully saturated rings. The number of likely N-dealkylation sites (tertiary alicyclic amines) is 1. The number of amides is 8. The molecule has 0 spiro atoms. The van der Waals surface area contributed by atoms with Crippen molar-refractivity contribution in [3.8, 4) is 11.1 Å². The first-order valence-corrected chi connectivity index (χ1v) is 24.8. The van der Waals surface area contributed by atoms with Gasteiger partial charge in [-0.1, -0.05) is 89.6 Å². The molecule has 7 unspecified atom stereocenters. The zero-order valence-corrected chi connectivity index (χ0v) is 42.8. The molecular weight excluding hydrogens is 981 g/mol. The van der Waals surface area contributed by atoms with Crippen LogP contribution in [0.3, 0.4) is 0 Å². The van der Waals surface area contributed by atoms with Crippen LogP contribution in [-0.2, 0) is 57.5 Å². The van der Waals surface area contributed by atoms with E-state index < -0.39 is 151 Å². The van der Waals surface area contributed by atoms with Crippen molar-refractivity contribution >= 4 is 71.1 Å². The third kappa shape index (κ3) is 17.1. The molecule has 8 amide bonds. The molecule has 1 aliphatic heterocycles. The summed E-state index contributed by atoms with van der Waals surface area (Å²) in [5.74, 6) is -13.8. The van der Waals surface area contributed by atoms with Crippen molar-refractivity contribution in [3.63, 3.8) is 0 Å². The van der Waals surface area contributed by atoms with Gasteiger partial charge in [0.2, 0.25) is 41.2 Å². The fraction of sp³-hybridized carbons (Fsp3) is 0.529. The van der Waals surface area contributed by atoms with Crippen LogP contribution in [0.2, 0.25) is 0 Å². The van der Waals surface area contributed by atoms with Crippen LogP contribution in [0.1, 0.15) is 104 Å². The lowest BCUT2D eigenvalue weighted by Crippen LogP contribution is -2.61. The summed E-state index contributed by atoms with van der Waals surface area (Å²) in [6.07, 6.45) is -2.59. The Labute approximate surface area is 433 Å². The van der Waals surface area contributed by atoms with Gasteiger partial charge >= 0.3 is 24.0 Å². The molecule has 2 aliphatic rings. The minimum atomic E-state index is -1.60. The first kappa shape index (κ1) is 59.6. The minimum Gasteiger partial charge on any atom is -0.481 e. The number of hydrogen-bond donors (Lipinski definition) is 10. The number of benzene rings is 2. The second-order valence-corrected chi connectivity index (χ2v) is 19.2. The monoisotopic (exact) mass is 1050 g/mol. The van der Waals surface area contributed by atoms with E-state index in [9.17, 15) is 67.7 Å². The number of nitrogens with one attached hydrogen (secondary N) is 7. The highest BCUT2D eigenvalue weighted by molar-refractivity contribution is 6.38. The molecule has 1 saturated heterocycles. The summed E-state index contributed by atoms with van der Waals surface area (Å²) in [7, 11) is 0. The second kappa shape index (κ2) is 27.9. The molecule has 7 atom stereocenters. The lowest BCUT2D eigenvalue weighted by atomic mass is 9.98. The first-order valence-electron chi connectivity index (χ1n) is 24.8. The van der Waals surface area contributed by atoms with Gasteiger partial charge in [-0.2, -0.15) is 0 Å². The standard InChI is InChI=1S/C51H68N8O16/c1-7-12-35(44(67)49(72)52-23-41(65)66)55-47(70)38-21-29(22-53-51(74)75-25-34-32-15-10-8-13-30(32)31-14-9-11-16-33(31)34)24-59(38)50(73)43(27(4)5)58-48(71)42(26(2)3)57-46(69)37(18-20-40(63)64)56-45(68)36(54-28(6)60)17-19-39(61)62/h8-11,13-16,26-27,29,34-38,42-43H,7,12,17-25H2,1-6H3,(H,52,72)(H,53,74)(H,54,60)(H,55,70)(H,56,68)(H,57,69)(H,58,71)(H,61,62)(H,63,64)(H,65,66). The van der Waals surface area contributed by atoms with Crippen LogP contribution in [0.5, 0.6) is 0 Å². The number of ether oxygens (including phenoxy) is 1. The number of nitrogens with zero attached hydrogens (tertiary/aromatic N) is 1. The smallest absolute Gasteiger partial charge is 0.407 e. The number of rotatable bonds is 28. The number of carbonyl (C=O) groups is 12. The molecule has 10 N–H and O–H groups in total. The molecule has 24 nitrogen and oxygen atoms in total. The van der Waals surface area contributed by atoms with Crippen molar-refractivity contribution in [1.82, 2.24) is 42.1 Å². The zero-order chi connectivity index (χ0) is 55.7. The number of Topliss-reactive ketones (excluding diaryl/α,β-unsaturated/α-hetero) is 1. The Kier molecular flexibility index (Phi) is 22.2. The van der Waals surface area contributed by atoms with Gasteiger partial charge in [-0.15, -0.1) is 0 Å². The van der Waals surface area contributed by atoms with E-state index in [2.05, 4.69) is 31.9 Å². The number of carboxylic acids is 3. The van der Waals surface area contributed by atoms with E-state index in [-0.39, 0.29) is 44.9 Å². The molecule has 0 bridgehead atoms. The van der Waals surface area contributed by atoms with Crippen molar-refractivity contribution in [2.45, 2.75) is 129 Å². The fourth-order valence-electron chi connectivity index (χ4n) is 8.98. The Bertz CT molecular complexity index is 2440. The quantitative estimate of drug-likeness (QED) is 0.0527. The van der Waals surface area contributed by atoms with E-state index in [1.165, 1.54) is 4.90 Å². The van der Waals surface area contributed by atoms with Crippen LogP contribution in [0.25, 0.3) is 11.1 Å². The Hall–Kier alpha value is -7.92. The number of carbonyl (C=O) groups excluding carboxylic acids is 9. The predicted molar refractivity (Wildman–Crippen MR) is 266 cm³/mol. The van der Waals surface area contributed by atoms with Crippen molar-refractivity contribution in [3.05, 3.63) is 59.7 Å². The SMILES string of the molecule is CCCC(NC(=O)C1CC(CNC(=O)OCC2c3ccccc3-c3ccccc32)CN1C(=O)C(NC(=O)C(NC(=O)C(CCC(=O)O)NC(=O)C(CCC(=O)O)NC(C)=O)C(C)C)C(C)C)C(=O)C(=O)NCC(=O)O. The van der Waals surface area contributed by atoms with Crippen molar-refractivity contribution in [2.75, 3.05) is 26.2 Å². The van der Waals surface area contributed by atoms with Crippen LogP contribution < -0.4 is 37.2 Å². The third-order valence-corrected chi connectivity index (χ3v) is 12.8. The van der Waals surface area contributed by atoms with Gasteiger partial charge in [-0.3, -0.25) is 52.7 Å². The summed E-state index contributed by atoms with van der Waals surface area (Å²) < 4.78 is 5.71. The van der Waals surface area contributed by atoms with Gasteiger partial charge in [-0.25, -0.2) is 4.79 Å². The number of alkyl carbamates (subject to hydrolysis) is 1. The largest absolute Gasteiger partial charge is 0.481 e. The molecule has 0 aromatic heterocycles. The van der Waals surface area contributed by atoms with Crippen LogP contribution >= 0.6 is 0 Å². The molecule has 0 radical (unpaired) electrons. The zero-order valence-electron chi connectivity index (χ0n) is 42.8. The third-order valence-electron chi connectivity index (χ3n) is 12.8. The summed E-state index contributed by atoms with van der Waals surface area (Å²) in [5.41, 5.74) is 4.04. The van der Waals surface area contributed by atoms with E-state index in [1.54, 1.807) is 34.6 Å². The molecule has 1 heterocycles. The van der Waals surface area contributed by atoms with Crippen molar-refractivity contribution < 1.29 is 77.6 Å². The Morgan fingerprint density at radius 1 is 0.640 bits per heavy atom. The Balaban J connectivity index is 1.56.